The predicted molar refractivity (Wildman–Crippen MR) is 88.9 cm³/mol. The monoisotopic (exact) mass is 304 g/mol. The molecule has 0 aliphatic carbocycles. The van der Waals surface area contributed by atoms with E-state index in [2.05, 4.69) is 24.3 Å². The van der Waals surface area contributed by atoms with Gasteiger partial charge in [-0.1, -0.05) is 0 Å². The molecule has 5 nitrogen and oxygen atoms in total. The van der Waals surface area contributed by atoms with E-state index >= 15 is 0 Å². The third-order valence-corrected chi connectivity index (χ3v) is 3.36. The first-order valence-electron chi connectivity index (χ1n) is 7.35. The predicted octanol–water partition coefficient (Wildman–Crippen LogP) is 3.33. The molecule has 2 aromatic rings. The highest BCUT2D eigenvalue weighted by atomic mass is 16.5. The minimum absolute atomic E-state index is 0.729. The van der Waals surface area contributed by atoms with Gasteiger partial charge in [0, 0.05) is 18.7 Å². The van der Waals surface area contributed by atoms with E-state index in [1.807, 2.05) is 30.3 Å². The van der Waals surface area contributed by atoms with Gasteiger partial charge in [-0.3, -0.25) is 0 Å². The standard InChI is InChI=1S/C17H24N2O3/c1-19(2)11-5-10-18-17-9-8-15(22-17)14-7-6-13(20-3)12-16(14)21-4/h6-9,12,18H,5,10-11H2,1-4H3. The fourth-order valence-electron chi connectivity index (χ4n) is 2.19. The number of hydrogen-bond acceptors (Lipinski definition) is 5. The maximum atomic E-state index is 5.85. The lowest BCUT2D eigenvalue weighted by molar-refractivity contribution is 0.394. The van der Waals surface area contributed by atoms with Crippen molar-refractivity contribution in [3.8, 4) is 22.8 Å². The van der Waals surface area contributed by atoms with Crippen molar-refractivity contribution in [1.29, 1.82) is 0 Å². The van der Waals surface area contributed by atoms with Gasteiger partial charge < -0.3 is 24.1 Å². The van der Waals surface area contributed by atoms with Crippen LogP contribution in [0.15, 0.2) is 34.7 Å². The van der Waals surface area contributed by atoms with Crippen LogP contribution in [0.5, 0.6) is 11.5 Å². The van der Waals surface area contributed by atoms with Crippen molar-refractivity contribution >= 4 is 5.88 Å². The van der Waals surface area contributed by atoms with Crippen molar-refractivity contribution in [3.05, 3.63) is 30.3 Å². The molecule has 5 heteroatoms. The number of nitrogens with one attached hydrogen (secondary N) is 1. The largest absolute Gasteiger partial charge is 0.497 e. The molecule has 1 heterocycles. The zero-order chi connectivity index (χ0) is 15.9. The smallest absolute Gasteiger partial charge is 0.193 e. The second-order valence-corrected chi connectivity index (χ2v) is 5.31. The van der Waals surface area contributed by atoms with E-state index in [0.717, 1.165) is 48.2 Å². The Kier molecular flexibility index (Phi) is 5.72. The van der Waals surface area contributed by atoms with Crippen LogP contribution in [-0.2, 0) is 0 Å². The number of hydrogen-bond donors (Lipinski definition) is 1. The fraction of sp³-hybridized carbons (Fsp3) is 0.412. The highest BCUT2D eigenvalue weighted by Gasteiger charge is 2.11. The van der Waals surface area contributed by atoms with Crippen LogP contribution in [0.25, 0.3) is 11.3 Å². The fourth-order valence-corrected chi connectivity index (χ4v) is 2.19. The Bertz CT molecular complexity index is 593. The van der Waals surface area contributed by atoms with Crippen molar-refractivity contribution in [2.24, 2.45) is 0 Å². The Morgan fingerprint density at radius 1 is 1.09 bits per heavy atom. The average Bonchev–Trinajstić information content (AvgIpc) is 2.99. The molecule has 0 saturated carbocycles. The van der Waals surface area contributed by atoms with Crippen LogP contribution in [0.3, 0.4) is 0 Å². The van der Waals surface area contributed by atoms with Gasteiger partial charge >= 0.3 is 0 Å². The van der Waals surface area contributed by atoms with Crippen molar-refractivity contribution in [2.75, 3.05) is 46.7 Å². The zero-order valence-electron chi connectivity index (χ0n) is 13.7. The number of benzene rings is 1. The van der Waals surface area contributed by atoms with Gasteiger partial charge in [0.15, 0.2) is 5.88 Å². The lowest BCUT2D eigenvalue weighted by atomic mass is 10.1. The maximum absolute atomic E-state index is 5.85. The molecule has 0 atom stereocenters. The van der Waals surface area contributed by atoms with E-state index in [4.69, 9.17) is 13.9 Å². The summed E-state index contributed by atoms with van der Waals surface area (Å²) in [6, 6.07) is 9.56. The van der Waals surface area contributed by atoms with Crippen molar-refractivity contribution < 1.29 is 13.9 Å². The molecule has 0 saturated heterocycles. The van der Waals surface area contributed by atoms with Crippen LogP contribution in [0, 0.1) is 0 Å². The zero-order valence-corrected chi connectivity index (χ0v) is 13.7. The van der Waals surface area contributed by atoms with Gasteiger partial charge in [0.2, 0.25) is 0 Å². The Morgan fingerprint density at radius 2 is 1.91 bits per heavy atom. The SMILES string of the molecule is COc1ccc(-c2ccc(NCCCN(C)C)o2)c(OC)c1. The van der Waals surface area contributed by atoms with Gasteiger partial charge in [0.1, 0.15) is 17.3 Å². The maximum Gasteiger partial charge on any atom is 0.193 e. The van der Waals surface area contributed by atoms with Crippen LogP contribution in [-0.4, -0.2) is 46.3 Å². The molecule has 0 aliphatic rings. The lowest BCUT2D eigenvalue weighted by Gasteiger charge is -2.09. The molecule has 0 radical (unpaired) electrons. The number of methoxy groups -OCH3 is 2. The first-order chi connectivity index (χ1) is 10.6. The van der Waals surface area contributed by atoms with Gasteiger partial charge in [0.25, 0.3) is 0 Å². The molecule has 0 amide bonds. The normalized spacial score (nSPS) is 10.8. The molecule has 0 spiro atoms. The Balaban J connectivity index is 2.04. The van der Waals surface area contributed by atoms with Gasteiger partial charge in [-0.05, 0) is 45.3 Å². The van der Waals surface area contributed by atoms with E-state index < -0.39 is 0 Å². The minimum atomic E-state index is 0.729. The first-order valence-corrected chi connectivity index (χ1v) is 7.35. The molecule has 22 heavy (non-hydrogen) atoms. The summed E-state index contributed by atoms with van der Waals surface area (Å²) in [4.78, 5) is 2.16. The van der Waals surface area contributed by atoms with Crippen LogP contribution in [0.4, 0.5) is 5.88 Å². The third-order valence-electron chi connectivity index (χ3n) is 3.36. The summed E-state index contributed by atoms with van der Waals surface area (Å²) in [5, 5.41) is 3.29. The first kappa shape index (κ1) is 16.2. The van der Waals surface area contributed by atoms with Crippen molar-refractivity contribution in [2.45, 2.75) is 6.42 Å². The van der Waals surface area contributed by atoms with Crippen LogP contribution in [0.1, 0.15) is 6.42 Å². The summed E-state index contributed by atoms with van der Waals surface area (Å²) in [7, 11) is 7.42. The number of furan rings is 1. The van der Waals surface area contributed by atoms with Gasteiger partial charge in [-0.2, -0.15) is 0 Å². The second kappa shape index (κ2) is 7.75. The Labute approximate surface area is 131 Å². The second-order valence-electron chi connectivity index (χ2n) is 5.31. The molecule has 0 unspecified atom stereocenters. The number of ether oxygens (including phenoxy) is 2. The molecule has 0 fully saturated rings. The van der Waals surface area contributed by atoms with E-state index in [-0.39, 0.29) is 0 Å². The average molecular weight is 304 g/mol. The van der Waals surface area contributed by atoms with E-state index in [9.17, 15) is 0 Å². The summed E-state index contributed by atoms with van der Waals surface area (Å²) in [5.41, 5.74) is 0.907. The van der Waals surface area contributed by atoms with Crippen LogP contribution >= 0.6 is 0 Å². The molecular formula is C17H24N2O3. The summed E-state index contributed by atoms with van der Waals surface area (Å²) >= 11 is 0. The number of rotatable bonds is 8. The van der Waals surface area contributed by atoms with E-state index in [1.165, 1.54) is 0 Å². The third kappa shape index (κ3) is 4.18. The lowest BCUT2D eigenvalue weighted by Crippen LogP contribution is -2.16. The topological polar surface area (TPSA) is 46.9 Å². The summed E-state index contributed by atoms with van der Waals surface area (Å²) in [6.07, 6.45) is 1.06. The quantitative estimate of drug-likeness (QED) is 0.758. The highest BCUT2D eigenvalue weighted by molar-refractivity contribution is 5.68. The van der Waals surface area contributed by atoms with Crippen molar-refractivity contribution in [1.82, 2.24) is 4.90 Å². The van der Waals surface area contributed by atoms with E-state index in [1.54, 1.807) is 14.2 Å². The molecule has 2 rings (SSSR count). The number of anilines is 1. The summed E-state index contributed by atoms with van der Waals surface area (Å²) in [6.45, 7) is 1.93. The van der Waals surface area contributed by atoms with Crippen LogP contribution in [0.2, 0.25) is 0 Å². The molecule has 0 bridgehead atoms. The van der Waals surface area contributed by atoms with Gasteiger partial charge in [-0.15, -0.1) is 0 Å². The Hall–Kier alpha value is -2.14. The van der Waals surface area contributed by atoms with Crippen LogP contribution < -0.4 is 14.8 Å². The molecule has 1 aromatic carbocycles. The number of nitrogens with zero attached hydrogens (tertiary/aromatic N) is 1. The van der Waals surface area contributed by atoms with Gasteiger partial charge in [0.05, 0.1) is 19.8 Å². The van der Waals surface area contributed by atoms with Crippen molar-refractivity contribution in [3.63, 3.8) is 0 Å². The molecule has 0 aliphatic heterocycles. The molecular weight excluding hydrogens is 280 g/mol. The molecule has 1 N–H and O–H groups in total. The summed E-state index contributed by atoms with van der Waals surface area (Å²) in [5.74, 6) is 3.03. The molecule has 1 aromatic heterocycles. The highest BCUT2D eigenvalue weighted by Crippen LogP contribution is 2.35. The summed E-state index contributed by atoms with van der Waals surface area (Å²) < 4.78 is 16.5. The molecule has 120 valence electrons. The minimum Gasteiger partial charge on any atom is -0.497 e. The van der Waals surface area contributed by atoms with E-state index in [0.29, 0.717) is 0 Å². The Morgan fingerprint density at radius 3 is 2.59 bits per heavy atom. The van der Waals surface area contributed by atoms with Gasteiger partial charge in [-0.25, -0.2) is 0 Å².